The Morgan fingerprint density at radius 1 is 1.15 bits per heavy atom. The Labute approximate surface area is 160 Å². The van der Waals surface area contributed by atoms with Gasteiger partial charge in [0.05, 0.1) is 6.54 Å². The van der Waals surface area contributed by atoms with Gasteiger partial charge in [0.1, 0.15) is 24.5 Å². The fourth-order valence-corrected chi connectivity index (χ4v) is 3.21. The van der Waals surface area contributed by atoms with E-state index in [2.05, 4.69) is 15.9 Å². The summed E-state index contributed by atoms with van der Waals surface area (Å²) in [4.78, 5) is 27.6. The van der Waals surface area contributed by atoms with E-state index in [9.17, 15) is 14.7 Å². The summed E-state index contributed by atoms with van der Waals surface area (Å²) < 4.78 is 6.39. The van der Waals surface area contributed by atoms with Crippen LogP contribution < -0.4 is 9.64 Å². The average molecular weight is 419 g/mol. The minimum atomic E-state index is -0.982. The predicted molar refractivity (Wildman–Crippen MR) is 101 cm³/mol. The van der Waals surface area contributed by atoms with E-state index in [1.54, 1.807) is 31.2 Å². The van der Waals surface area contributed by atoms with Gasteiger partial charge in [-0.3, -0.25) is 14.6 Å². The third-order valence-electron chi connectivity index (χ3n) is 4.11. The van der Waals surface area contributed by atoms with E-state index in [1.807, 2.05) is 30.3 Å². The van der Waals surface area contributed by atoms with Gasteiger partial charge >= 0.3 is 6.03 Å². The molecule has 1 fully saturated rings. The van der Waals surface area contributed by atoms with Gasteiger partial charge in [-0.1, -0.05) is 40.2 Å². The molecule has 1 aliphatic heterocycles. The van der Waals surface area contributed by atoms with Crippen molar-refractivity contribution >= 4 is 33.6 Å². The van der Waals surface area contributed by atoms with Crippen molar-refractivity contribution in [2.24, 2.45) is 0 Å². The molecule has 0 saturated carbocycles. The Morgan fingerprint density at radius 2 is 1.88 bits per heavy atom. The third kappa shape index (κ3) is 3.89. The SMILES string of the molecule is CC1C(=O)N(CC(O)COc2cccc(Br)c2)C(=O)N1c1ccccc1. The number of hydrogen-bond donors (Lipinski definition) is 1. The maximum Gasteiger partial charge on any atom is 0.332 e. The molecule has 2 aromatic carbocycles. The molecule has 3 amide bonds. The molecule has 2 aromatic rings. The molecule has 0 spiro atoms. The van der Waals surface area contributed by atoms with Gasteiger partial charge in [0, 0.05) is 10.2 Å². The summed E-state index contributed by atoms with van der Waals surface area (Å²) in [5.74, 6) is 0.261. The molecule has 6 nitrogen and oxygen atoms in total. The van der Waals surface area contributed by atoms with Gasteiger partial charge in [0.2, 0.25) is 0 Å². The van der Waals surface area contributed by atoms with Crippen LogP contribution in [0.25, 0.3) is 0 Å². The molecule has 2 atom stereocenters. The summed E-state index contributed by atoms with van der Waals surface area (Å²) in [7, 11) is 0. The highest BCUT2D eigenvalue weighted by Crippen LogP contribution is 2.25. The Kier molecular flexibility index (Phi) is 5.58. The number of aliphatic hydroxyl groups excluding tert-OH is 1. The molecule has 1 aliphatic rings. The summed E-state index contributed by atoms with van der Waals surface area (Å²) >= 11 is 3.35. The van der Waals surface area contributed by atoms with Crippen LogP contribution in [0.1, 0.15) is 6.92 Å². The highest BCUT2D eigenvalue weighted by Gasteiger charge is 2.43. The maximum atomic E-state index is 12.7. The first-order valence-corrected chi connectivity index (χ1v) is 9.02. The predicted octanol–water partition coefficient (Wildman–Crippen LogP) is 3.05. The second-order valence-electron chi connectivity index (χ2n) is 6.04. The number of aliphatic hydroxyl groups is 1. The molecule has 1 saturated heterocycles. The van der Waals surface area contributed by atoms with E-state index in [-0.39, 0.29) is 19.1 Å². The summed E-state index contributed by atoms with van der Waals surface area (Å²) in [5, 5.41) is 10.2. The van der Waals surface area contributed by atoms with Crippen molar-refractivity contribution in [2.75, 3.05) is 18.1 Å². The molecule has 2 unspecified atom stereocenters. The van der Waals surface area contributed by atoms with Gasteiger partial charge in [0.15, 0.2) is 0 Å². The number of hydrogen-bond acceptors (Lipinski definition) is 4. The zero-order chi connectivity index (χ0) is 18.7. The third-order valence-corrected chi connectivity index (χ3v) is 4.61. The Morgan fingerprint density at radius 3 is 2.58 bits per heavy atom. The van der Waals surface area contributed by atoms with Gasteiger partial charge in [-0.05, 0) is 37.3 Å². The minimum absolute atomic E-state index is 0.0206. The monoisotopic (exact) mass is 418 g/mol. The van der Waals surface area contributed by atoms with E-state index >= 15 is 0 Å². The van der Waals surface area contributed by atoms with Crippen LogP contribution in [0, 0.1) is 0 Å². The summed E-state index contributed by atoms with van der Waals surface area (Å²) in [6.07, 6.45) is -0.982. The van der Waals surface area contributed by atoms with Gasteiger partial charge in [-0.25, -0.2) is 4.79 Å². The lowest BCUT2D eigenvalue weighted by Crippen LogP contribution is -2.40. The van der Waals surface area contributed by atoms with Crippen molar-refractivity contribution in [1.29, 1.82) is 0 Å². The lowest BCUT2D eigenvalue weighted by atomic mass is 10.2. The highest BCUT2D eigenvalue weighted by atomic mass is 79.9. The zero-order valence-corrected chi connectivity index (χ0v) is 15.8. The van der Waals surface area contributed by atoms with Crippen molar-refractivity contribution in [3.8, 4) is 5.75 Å². The number of anilines is 1. The number of carbonyl (C=O) groups excluding carboxylic acids is 2. The Balaban J connectivity index is 1.63. The molecule has 3 rings (SSSR count). The number of carbonyl (C=O) groups is 2. The molecule has 0 radical (unpaired) electrons. The van der Waals surface area contributed by atoms with Gasteiger partial charge in [0.25, 0.3) is 5.91 Å². The maximum absolute atomic E-state index is 12.7. The molecule has 0 aromatic heterocycles. The van der Waals surface area contributed by atoms with Crippen LogP contribution in [0.4, 0.5) is 10.5 Å². The van der Waals surface area contributed by atoms with Crippen molar-refractivity contribution < 1.29 is 19.4 Å². The lowest BCUT2D eigenvalue weighted by molar-refractivity contribution is -0.128. The van der Waals surface area contributed by atoms with Crippen LogP contribution in [-0.4, -0.2) is 47.2 Å². The van der Waals surface area contributed by atoms with Gasteiger partial charge in [-0.2, -0.15) is 0 Å². The molecule has 136 valence electrons. The van der Waals surface area contributed by atoms with Crippen molar-refractivity contribution in [3.05, 3.63) is 59.1 Å². The quantitative estimate of drug-likeness (QED) is 0.731. The number of para-hydroxylation sites is 1. The van der Waals surface area contributed by atoms with Crippen LogP contribution in [-0.2, 0) is 4.79 Å². The summed E-state index contributed by atoms with van der Waals surface area (Å²) in [6, 6.07) is 15.2. The molecule has 0 bridgehead atoms. The highest BCUT2D eigenvalue weighted by molar-refractivity contribution is 9.10. The standard InChI is InChI=1S/C19H19BrN2O4/c1-13-18(24)21(19(25)22(13)15-7-3-2-4-8-15)11-16(23)12-26-17-9-5-6-14(20)10-17/h2-10,13,16,23H,11-12H2,1H3. The molecule has 1 heterocycles. The first-order valence-electron chi connectivity index (χ1n) is 8.23. The summed E-state index contributed by atoms with van der Waals surface area (Å²) in [6.45, 7) is 1.55. The van der Waals surface area contributed by atoms with Crippen LogP contribution in [0.2, 0.25) is 0 Å². The molecule has 7 heteroatoms. The lowest BCUT2D eigenvalue weighted by Gasteiger charge is -2.20. The first-order chi connectivity index (χ1) is 12.5. The first kappa shape index (κ1) is 18.4. The fraction of sp³-hybridized carbons (Fsp3) is 0.263. The minimum Gasteiger partial charge on any atom is -0.491 e. The molecule has 0 aliphatic carbocycles. The van der Waals surface area contributed by atoms with E-state index < -0.39 is 18.2 Å². The Hall–Kier alpha value is -2.38. The second kappa shape index (κ2) is 7.88. The summed E-state index contributed by atoms with van der Waals surface area (Å²) in [5.41, 5.74) is 0.653. The van der Waals surface area contributed by atoms with E-state index in [0.29, 0.717) is 11.4 Å². The van der Waals surface area contributed by atoms with Gasteiger partial charge in [-0.15, -0.1) is 0 Å². The zero-order valence-electron chi connectivity index (χ0n) is 14.2. The van der Waals surface area contributed by atoms with Crippen LogP contribution in [0.5, 0.6) is 5.75 Å². The Bertz CT molecular complexity index is 799. The topological polar surface area (TPSA) is 70.1 Å². The normalized spacial score (nSPS) is 18.3. The number of ether oxygens (including phenoxy) is 1. The van der Waals surface area contributed by atoms with Crippen molar-refractivity contribution in [2.45, 2.75) is 19.1 Å². The largest absolute Gasteiger partial charge is 0.491 e. The van der Waals surface area contributed by atoms with Crippen molar-refractivity contribution in [3.63, 3.8) is 0 Å². The number of nitrogens with zero attached hydrogens (tertiary/aromatic N) is 2. The molecule has 1 N–H and O–H groups in total. The van der Waals surface area contributed by atoms with E-state index in [0.717, 1.165) is 9.37 Å². The van der Waals surface area contributed by atoms with E-state index in [1.165, 1.54) is 4.90 Å². The van der Waals surface area contributed by atoms with Crippen LogP contribution in [0.3, 0.4) is 0 Å². The number of benzene rings is 2. The smallest absolute Gasteiger partial charge is 0.332 e. The number of imide groups is 1. The second-order valence-corrected chi connectivity index (χ2v) is 6.95. The molecule has 26 heavy (non-hydrogen) atoms. The van der Waals surface area contributed by atoms with Gasteiger partial charge < -0.3 is 9.84 Å². The number of β-amino-alcohol motifs (C(OH)–C–C–N with tert-alkyl or cyclic N) is 1. The molecular formula is C19H19BrN2O4. The van der Waals surface area contributed by atoms with Crippen LogP contribution in [0.15, 0.2) is 59.1 Å². The van der Waals surface area contributed by atoms with E-state index in [4.69, 9.17) is 4.74 Å². The number of halogens is 1. The molecular weight excluding hydrogens is 400 g/mol. The van der Waals surface area contributed by atoms with Crippen LogP contribution >= 0.6 is 15.9 Å². The fourth-order valence-electron chi connectivity index (χ4n) is 2.83. The number of rotatable bonds is 6. The van der Waals surface area contributed by atoms with Crippen molar-refractivity contribution in [1.82, 2.24) is 4.90 Å². The number of urea groups is 1. The average Bonchev–Trinajstić information content (AvgIpc) is 2.84. The number of amides is 3.